The van der Waals surface area contributed by atoms with Crippen LogP contribution in [0, 0.1) is 11.8 Å². The maximum atomic E-state index is 12.1. The molecule has 0 spiro atoms. The molecule has 0 saturated carbocycles. The number of halogens is 1. The van der Waals surface area contributed by atoms with E-state index in [0.717, 1.165) is 12.8 Å². The van der Waals surface area contributed by atoms with Gasteiger partial charge in [0.15, 0.2) is 0 Å². The van der Waals surface area contributed by atoms with Gasteiger partial charge in [-0.15, -0.1) is 5.92 Å². The number of hydrogen-bond acceptors (Lipinski definition) is 2. The van der Waals surface area contributed by atoms with Crippen LogP contribution >= 0.6 is 22.6 Å². The van der Waals surface area contributed by atoms with E-state index in [9.17, 15) is 4.79 Å². The molecule has 0 N–H and O–H groups in total. The first-order chi connectivity index (χ1) is 11.3. The number of unbranched alkanes of at least 4 members (excludes halogenated alkanes) is 3. The third kappa shape index (κ3) is 9.25. The number of carbonyl (C=O) groups is 1. The van der Waals surface area contributed by atoms with Crippen LogP contribution < -0.4 is 0 Å². The largest absolute Gasteiger partial charge is 0.454 e. The Kier molecular flexibility index (Phi) is 11.0. The Bertz CT molecular complexity index is 564. The summed E-state index contributed by atoms with van der Waals surface area (Å²) in [5, 5.41) is 0. The Morgan fingerprint density at radius 3 is 2.70 bits per heavy atom. The van der Waals surface area contributed by atoms with Gasteiger partial charge >= 0.3 is 5.97 Å². The van der Waals surface area contributed by atoms with Crippen molar-refractivity contribution in [1.82, 2.24) is 0 Å². The van der Waals surface area contributed by atoms with Gasteiger partial charge in [-0.25, -0.2) is 4.79 Å². The van der Waals surface area contributed by atoms with Crippen LogP contribution in [0.2, 0.25) is 0 Å². The molecule has 0 heterocycles. The van der Waals surface area contributed by atoms with E-state index in [0.29, 0.717) is 12.0 Å². The van der Waals surface area contributed by atoms with Gasteiger partial charge in [0, 0.05) is 12.8 Å². The molecular weight excluding hydrogens is 399 g/mol. The SMILES string of the molecule is CCCCCC#CC[C@H](/C=C/C=C/I)OC(=O)c1ccccc1. The Hall–Kier alpha value is -1.54. The van der Waals surface area contributed by atoms with Crippen LogP contribution in [0.5, 0.6) is 0 Å². The molecule has 3 heteroatoms. The first-order valence-electron chi connectivity index (χ1n) is 7.93. The summed E-state index contributed by atoms with van der Waals surface area (Å²) in [6.07, 6.45) is 10.3. The van der Waals surface area contributed by atoms with Crippen LogP contribution in [0.4, 0.5) is 0 Å². The highest BCUT2D eigenvalue weighted by molar-refractivity contribution is 14.1. The Labute approximate surface area is 153 Å². The van der Waals surface area contributed by atoms with Crippen LogP contribution in [0.15, 0.2) is 52.6 Å². The normalized spacial score (nSPS) is 12.1. The van der Waals surface area contributed by atoms with Crippen molar-refractivity contribution in [2.45, 2.75) is 45.1 Å². The summed E-state index contributed by atoms with van der Waals surface area (Å²) < 4.78 is 7.45. The second-order valence-corrected chi connectivity index (χ2v) is 5.75. The molecule has 1 aromatic carbocycles. The minimum atomic E-state index is -0.325. The lowest BCUT2D eigenvalue weighted by Crippen LogP contribution is -2.15. The molecule has 0 saturated heterocycles. The molecule has 0 amide bonds. The van der Waals surface area contributed by atoms with E-state index in [1.165, 1.54) is 12.8 Å². The molecule has 0 aliphatic carbocycles. The zero-order valence-electron chi connectivity index (χ0n) is 13.5. The molecular formula is C20H23IO2. The fourth-order valence-electron chi connectivity index (χ4n) is 1.88. The molecule has 0 aromatic heterocycles. The summed E-state index contributed by atoms with van der Waals surface area (Å²) in [5.74, 6) is 5.97. The fourth-order valence-corrected chi connectivity index (χ4v) is 2.12. The maximum absolute atomic E-state index is 12.1. The van der Waals surface area contributed by atoms with Gasteiger partial charge in [0.2, 0.25) is 0 Å². The number of rotatable bonds is 8. The summed E-state index contributed by atoms with van der Waals surface area (Å²) in [6, 6.07) is 9.04. The van der Waals surface area contributed by atoms with E-state index in [4.69, 9.17) is 4.74 Å². The van der Waals surface area contributed by atoms with Crippen molar-refractivity contribution in [3.05, 3.63) is 58.2 Å². The van der Waals surface area contributed by atoms with E-state index >= 15 is 0 Å². The van der Waals surface area contributed by atoms with E-state index in [2.05, 4.69) is 41.4 Å². The molecule has 0 fully saturated rings. The van der Waals surface area contributed by atoms with Gasteiger partial charge < -0.3 is 4.74 Å². The lowest BCUT2D eigenvalue weighted by molar-refractivity contribution is 0.0403. The predicted octanol–water partition coefficient (Wildman–Crippen LogP) is 5.69. The molecule has 122 valence electrons. The highest BCUT2D eigenvalue weighted by Gasteiger charge is 2.12. The first-order valence-corrected chi connectivity index (χ1v) is 9.17. The van der Waals surface area contributed by atoms with Crippen LogP contribution in [0.1, 0.15) is 49.4 Å². The lowest BCUT2D eigenvalue weighted by atomic mass is 10.2. The molecule has 1 aromatic rings. The van der Waals surface area contributed by atoms with Gasteiger partial charge in [-0.1, -0.05) is 78.6 Å². The monoisotopic (exact) mass is 422 g/mol. The summed E-state index contributed by atoms with van der Waals surface area (Å²) in [4.78, 5) is 12.1. The average molecular weight is 422 g/mol. The quantitative estimate of drug-likeness (QED) is 0.177. The van der Waals surface area contributed by atoms with Gasteiger partial charge in [0.25, 0.3) is 0 Å². The van der Waals surface area contributed by atoms with E-state index < -0.39 is 0 Å². The van der Waals surface area contributed by atoms with Gasteiger partial charge in [0.05, 0.1) is 5.56 Å². The van der Waals surface area contributed by atoms with Crippen molar-refractivity contribution < 1.29 is 9.53 Å². The van der Waals surface area contributed by atoms with Gasteiger partial charge in [0.1, 0.15) is 6.10 Å². The smallest absolute Gasteiger partial charge is 0.338 e. The molecule has 0 radical (unpaired) electrons. The minimum Gasteiger partial charge on any atom is -0.454 e. The second kappa shape index (κ2) is 13.0. The Morgan fingerprint density at radius 1 is 1.22 bits per heavy atom. The van der Waals surface area contributed by atoms with Crippen molar-refractivity contribution in [2.24, 2.45) is 0 Å². The summed E-state index contributed by atoms with van der Waals surface area (Å²) in [6.45, 7) is 2.18. The minimum absolute atomic E-state index is 0.313. The van der Waals surface area contributed by atoms with E-state index in [1.54, 1.807) is 12.1 Å². The number of carbonyl (C=O) groups excluding carboxylic acids is 1. The Morgan fingerprint density at radius 2 is 2.00 bits per heavy atom. The fraction of sp³-hybridized carbons (Fsp3) is 0.350. The topological polar surface area (TPSA) is 26.3 Å². The predicted molar refractivity (Wildman–Crippen MR) is 104 cm³/mol. The van der Waals surface area contributed by atoms with Crippen molar-refractivity contribution in [3.63, 3.8) is 0 Å². The van der Waals surface area contributed by atoms with E-state index in [1.807, 2.05) is 40.5 Å². The first kappa shape index (κ1) is 19.5. The number of allylic oxidation sites excluding steroid dienone is 2. The van der Waals surface area contributed by atoms with Gasteiger partial charge in [-0.3, -0.25) is 0 Å². The highest BCUT2D eigenvalue weighted by Crippen LogP contribution is 2.08. The molecule has 0 bridgehead atoms. The van der Waals surface area contributed by atoms with E-state index in [-0.39, 0.29) is 12.1 Å². The molecule has 0 unspecified atom stereocenters. The van der Waals surface area contributed by atoms with Crippen molar-refractivity contribution in [3.8, 4) is 11.8 Å². The highest BCUT2D eigenvalue weighted by atomic mass is 127. The van der Waals surface area contributed by atoms with Crippen LogP contribution in [0.3, 0.4) is 0 Å². The second-order valence-electron chi connectivity index (χ2n) is 5.03. The maximum Gasteiger partial charge on any atom is 0.338 e. The standard InChI is InChI=1S/C20H23IO2/c1-2-3-4-5-6-10-15-19(16-11-12-17-21)23-20(22)18-13-8-7-9-14-18/h7-9,11-14,16-17,19H,2-5,15H2,1H3/b16-11+,17-12+/t19-/m1/s1. The van der Waals surface area contributed by atoms with Gasteiger partial charge in [-0.2, -0.15) is 0 Å². The lowest BCUT2D eigenvalue weighted by Gasteiger charge is -2.11. The van der Waals surface area contributed by atoms with Crippen molar-refractivity contribution >= 4 is 28.6 Å². The molecule has 1 rings (SSSR count). The molecule has 0 aliphatic heterocycles. The summed E-state index contributed by atoms with van der Waals surface area (Å²) in [7, 11) is 0. The summed E-state index contributed by atoms with van der Waals surface area (Å²) in [5.41, 5.74) is 0.561. The number of ether oxygens (including phenoxy) is 1. The zero-order chi connectivity index (χ0) is 16.8. The van der Waals surface area contributed by atoms with Crippen LogP contribution in [-0.2, 0) is 4.74 Å². The van der Waals surface area contributed by atoms with Crippen molar-refractivity contribution in [2.75, 3.05) is 0 Å². The molecule has 23 heavy (non-hydrogen) atoms. The molecule has 0 aliphatic rings. The summed E-state index contributed by atoms with van der Waals surface area (Å²) >= 11 is 2.15. The van der Waals surface area contributed by atoms with Gasteiger partial charge in [-0.05, 0) is 28.7 Å². The number of benzene rings is 1. The number of hydrogen-bond donors (Lipinski definition) is 0. The van der Waals surface area contributed by atoms with Crippen LogP contribution in [0.25, 0.3) is 0 Å². The Balaban J connectivity index is 2.59. The molecule has 1 atom stereocenters. The van der Waals surface area contributed by atoms with Crippen LogP contribution in [-0.4, -0.2) is 12.1 Å². The van der Waals surface area contributed by atoms with Crippen molar-refractivity contribution in [1.29, 1.82) is 0 Å². The zero-order valence-corrected chi connectivity index (χ0v) is 15.7. The third-order valence-electron chi connectivity index (χ3n) is 3.11. The average Bonchev–Trinajstić information content (AvgIpc) is 2.58. The third-order valence-corrected chi connectivity index (χ3v) is 3.53. The molecule has 2 nitrogen and oxygen atoms in total. The number of esters is 1.